The van der Waals surface area contributed by atoms with E-state index in [0.717, 1.165) is 28.0 Å². The molecule has 2 aromatic heterocycles. The van der Waals surface area contributed by atoms with E-state index in [2.05, 4.69) is 10.1 Å². The lowest BCUT2D eigenvalue weighted by atomic mass is 9.84. The molecular formula is C26H20N4O3. The summed E-state index contributed by atoms with van der Waals surface area (Å²) in [6, 6.07) is 21.2. The van der Waals surface area contributed by atoms with Gasteiger partial charge in [-0.15, -0.1) is 5.10 Å². The number of aromatic hydroxyl groups is 1. The Kier molecular flexibility index (Phi) is 4.29. The molecule has 0 bridgehead atoms. The third-order valence-corrected chi connectivity index (χ3v) is 5.95. The molecule has 7 nitrogen and oxygen atoms in total. The van der Waals surface area contributed by atoms with E-state index >= 15 is 0 Å². The van der Waals surface area contributed by atoms with Crippen molar-refractivity contribution in [3.05, 3.63) is 95.3 Å². The highest BCUT2D eigenvalue weighted by Gasteiger charge is 2.33. The van der Waals surface area contributed by atoms with Gasteiger partial charge >= 0.3 is 0 Å². The summed E-state index contributed by atoms with van der Waals surface area (Å²) >= 11 is 0. The maximum absolute atomic E-state index is 10.0. The molecule has 33 heavy (non-hydrogen) atoms. The van der Waals surface area contributed by atoms with Crippen LogP contribution < -0.4 is 9.47 Å². The van der Waals surface area contributed by atoms with Crippen molar-refractivity contribution < 1.29 is 14.6 Å². The van der Waals surface area contributed by atoms with Gasteiger partial charge in [0.05, 0.1) is 12.7 Å². The molecule has 0 saturated heterocycles. The van der Waals surface area contributed by atoms with Crippen LogP contribution in [0, 0.1) is 6.92 Å². The molecule has 0 spiro atoms. The van der Waals surface area contributed by atoms with Gasteiger partial charge in [0.15, 0.2) is 11.5 Å². The van der Waals surface area contributed by atoms with Gasteiger partial charge in [0.25, 0.3) is 0 Å². The van der Waals surface area contributed by atoms with Gasteiger partial charge in [-0.2, -0.15) is 0 Å². The third kappa shape index (κ3) is 3.17. The molecule has 5 aromatic rings. The maximum atomic E-state index is 10.0. The number of hydrogen-bond acceptors (Lipinski definition) is 6. The standard InChI is InChI=1S/C26H20N4O3/c1-15-3-5-17(6-4-15)24-28-25-23-22(16-7-10-19(32-2)11-8-16)20-12-9-18(31)13-21(20)33-26(23)27-14-30(25)29-24/h3-14,22,31H,1-2H3. The monoisotopic (exact) mass is 436 g/mol. The lowest BCUT2D eigenvalue weighted by Gasteiger charge is -2.28. The van der Waals surface area contributed by atoms with Crippen LogP contribution in [0.25, 0.3) is 17.0 Å². The SMILES string of the molecule is COc1ccc(C2c3ccc(O)cc3Oc3ncn4nc(-c5ccc(C)cc5)nc4c32)cc1. The molecule has 1 atom stereocenters. The topological polar surface area (TPSA) is 81.8 Å². The average molecular weight is 436 g/mol. The molecule has 0 amide bonds. The molecule has 7 heteroatoms. The van der Waals surface area contributed by atoms with E-state index in [0.29, 0.717) is 23.1 Å². The van der Waals surface area contributed by atoms with Crippen molar-refractivity contribution >= 4 is 5.65 Å². The number of ether oxygens (including phenoxy) is 2. The van der Waals surface area contributed by atoms with Crippen LogP contribution in [0.1, 0.15) is 28.2 Å². The Morgan fingerprint density at radius 2 is 1.79 bits per heavy atom. The number of hydrogen-bond donors (Lipinski definition) is 1. The number of phenolic OH excluding ortho intramolecular Hbond substituents is 1. The molecule has 162 valence electrons. The van der Waals surface area contributed by atoms with Gasteiger partial charge in [-0.05, 0) is 30.7 Å². The predicted molar refractivity (Wildman–Crippen MR) is 123 cm³/mol. The summed E-state index contributed by atoms with van der Waals surface area (Å²) in [5, 5.41) is 14.7. The van der Waals surface area contributed by atoms with Gasteiger partial charge in [0.1, 0.15) is 23.6 Å². The van der Waals surface area contributed by atoms with Crippen LogP contribution in [0.4, 0.5) is 0 Å². The molecule has 0 aliphatic carbocycles. The van der Waals surface area contributed by atoms with Gasteiger partial charge in [-0.3, -0.25) is 0 Å². The summed E-state index contributed by atoms with van der Waals surface area (Å²) in [5.74, 6) is 2.34. The third-order valence-electron chi connectivity index (χ3n) is 5.95. The van der Waals surface area contributed by atoms with Crippen molar-refractivity contribution in [1.82, 2.24) is 19.6 Å². The first-order chi connectivity index (χ1) is 16.1. The van der Waals surface area contributed by atoms with Crippen molar-refractivity contribution in [1.29, 1.82) is 0 Å². The van der Waals surface area contributed by atoms with Gasteiger partial charge in [-0.1, -0.05) is 48.0 Å². The second kappa shape index (κ2) is 7.34. The Morgan fingerprint density at radius 1 is 1.00 bits per heavy atom. The number of rotatable bonds is 3. The molecule has 1 aliphatic rings. The lowest BCUT2D eigenvalue weighted by molar-refractivity contribution is 0.414. The minimum absolute atomic E-state index is 0.135. The highest BCUT2D eigenvalue weighted by molar-refractivity contribution is 5.68. The molecule has 0 fully saturated rings. The zero-order valence-corrected chi connectivity index (χ0v) is 18.1. The fourth-order valence-electron chi connectivity index (χ4n) is 4.27. The van der Waals surface area contributed by atoms with E-state index in [-0.39, 0.29) is 11.7 Å². The van der Waals surface area contributed by atoms with Crippen molar-refractivity contribution in [3.8, 4) is 34.5 Å². The molecule has 1 aliphatic heterocycles. The molecule has 3 heterocycles. The summed E-state index contributed by atoms with van der Waals surface area (Å²) in [7, 11) is 1.65. The highest BCUT2D eigenvalue weighted by atomic mass is 16.5. The Bertz CT molecular complexity index is 1490. The van der Waals surface area contributed by atoms with Crippen LogP contribution >= 0.6 is 0 Å². The van der Waals surface area contributed by atoms with Gasteiger partial charge in [0.2, 0.25) is 5.88 Å². The lowest BCUT2D eigenvalue weighted by Crippen LogP contribution is -2.15. The van der Waals surface area contributed by atoms with Crippen molar-refractivity contribution in [2.75, 3.05) is 7.11 Å². The zero-order chi connectivity index (χ0) is 22.5. The fourth-order valence-corrected chi connectivity index (χ4v) is 4.27. The molecule has 0 radical (unpaired) electrons. The van der Waals surface area contributed by atoms with Crippen LogP contribution in [0.3, 0.4) is 0 Å². The Labute approximate surface area is 189 Å². The van der Waals surface area contributed by atoms with Crippen LogP contribution in [-0.2, 0) is 0 Å². The van der Waals surface area contributed by atoms with Gasteiger partial charge < -0.3 is 14.6 Å². The highest BCUT2D eigenvalue weighted by Crippen LogP contribution is 2.48. The van der Waals surface area contributed by atoms with E-state index in [1.807, 2.05) is 61.5 Å². The van der Waals surface area contributed by atoms with Crippen molar-refractivity contribution in [2.24, 2.45) is 0 Å². The average Bonchev–Trinajstić information content (AvgIpc) is 3.27. The van der Waals surface area contributed by atoms with Gasteiger partial charge in [0, 0.05) is 23.1 Å². The second-order valence-electron chi connectivity index (χ2n) is 8.06. The summed E-state index contributed by atoms with van der Waals surface area (Å²) in [6.45, 7) is 2.05. The van der Waals surface area contributed by atoms with E-state index < -0.39 is 0 Å². The quantitative estimate of drug-likeness (QED) is 0.416. The first kappa shape index (κ1) is 19.3. The number of benzene rings is 3. The normalized spacial score (nSPS) is 14.4. The fraction of sp³-hybridized carbons (Fsp3) is 0.115. The molecular weight excluding hydrogens is 416 g/mol. The van der Waals surface area contributed by atoms with Crippen molar-refractivity contribution in [2.45, 2.75) is 12.8 Å². The largest absolute Gasteiger partial charge is 0.508 e. The summed E-state index contributed by atoms with van der Waals surface area (Å²) < 4.78 is 13.2. The first-order valence-electron chi connectivity index (χ1n) is 10.6. The Balaban J connectivity index is 1.58. The number of methoxy groups -OCH3 is 1. The Morgan fingerprint density at radius 3 is 2.55 bits per heavy atom. The number of fused-ring (bicyclic) bond motifs is 4. The number of aromatic nitrogens is 4. The van der Waals surface area contributed by atoms with E-state index in [9.17, 15) is 5.11 Å². The first-order valence-corrected chi connectivity index (χ1v) is 10.6. The number of nitrogens with zero attached hydrogens (tertiary/aromatic N) is 4. The van der Waals surface area contributed by atoms with Crippen LogP contribution in [0.2, 0.25) is 0 Å². The van der Waals surface area contributed by atoms with E-state index in [1.54, 1.807) is 30.1 Å². The van der Waals surface area contributed by atoms with E-state index in [1.165, 1.54) is 5.56 Å². The summed E-state index contributed by atoms with van der Waals surface area (Å²) in [4.78, 5) is 9.42. The number of phenols is 1. The summed E-state index contributed by atoms with van der Waals surface area (Å²) in [6.07, 6.45) is 1.61. The molecule has 6 rings (SSSR count). The minimum atomic E-state index is -0.207. The van der Waals surface area contributed by atoms with Gasteiger partial charge in [-0.25, -0.2) is 14.5 Å². The van der Waals surface area contributed by atoms with Crippen LogP contribution in [-0.4, -0.2) is 31.8 Å². The van der Waals surface area contributed by atoms with Crippen molar-refractivity contribution in [3.63, 3.8) is 0 Å². The number of aryl methyl sites for hydroxylation is 1. The predicted octanol–water partition coefficient (Wildman–Crippen LogP) is 5.10. The summed E-state index contributed by atoms with van der Waals surface area (Å²) in [5.41, 5.74) is 5.56. The smallest absolute Gasteiger partial charge is 0.228 e. The second-order valence-corrected chi connectivity index (χ2v) is 8.06. The zero-order valence-electron chi connectivity index (χ0n) is 18.1. The van der Waals surface area contributed by atoms with Crippen LogP contribution in [0.15, 0.2) is 73.1 Å². The maximum Gasteiger partial charge on any atom is 0.228 e. The molecule has 1 unspecified atom stereocenters. The van der Waals surface area contributed by atoms with Crippen LogP contribution in [0.5, 0.6) is 23.1 Å². The minimum Gasteiger partial charge on any atom is -0.508 e. The van der Waals surface area contributed by atoms with E-state index in [4.69, 9.17) is 14.5 Å². The molecule has 0 saturated carbocycles. The molecule has 3 aromatic carbocycles. The Hall–Kier alpha value is -4.39. The molecule has 1 N–H and O–H groups in total.